The van der Waals surface area contributed by atoms with E-state index in [9.17, 15) is 9.59 Å². The molecular formula is C12H16O3Si. The van der Waals surface area contributed by atoms with Crippen molar-refractivity contribution in [3.63, 3.8) is 0 Å². The van der Waals surface area contributed by atoms with Crippen LogP contribution in [-0.2, 0) is 4.74 Å². The van der Waals surface area contributed by atoms with Gasteiger partial charge in [-0.1, -0.05) is 31.8 Å². The van der Waals surface area contributed by atoms with Gasteiger partial charge in [-0.15, -0.1) is 0 Å². The number of aldehydes is 1. The highest BCUT2D eigenvalue weighted by molar-refractivity contribution is 6.89. The van der Waals surface area contributed by atoms with Gasteiger partial charge in [-0.2, -0.15) is 0 Å². The number of carbonyl (C=O) groups is 2. The smallest absolute Gasteiger partial charge is 0.337 e. The molecule has 0 unspecified atom stereocenters. The van der Waals surface area contributed by atoms with E-state index in [4.69, 9.17) is 4.74 Å². The van der Waals surface area contributed by atoms with Crippen molar-refractivity contribution in [1.29, 1.82) is 0 Å². The standard InChI is InChI=1S/C12H16O3Si/c1-15-12(14)10-7-9(8-13)5-6-11(10)16(2,3)4/h5-8H,1-4H3. The van der Waals surface area contributed by atoms with Crippen LogP contribution < -0.4 is 5.19 Å². The van der Waals surface area contributed by atoms with Gasteiger partial charge in [-0.3, -0.25) is 4.79 Å². The zero-order valence-corrected chi connectivity index (χ0v) is 11.0. The van der Waals surface area contributed by atoms with Crippen molar-refractivity contribution in [2.45, 2.75) is 19.6 Å². The number of rotatable bonds is 3. The van der Waals surface area contributed by atoms with Gasteiger partial charge >= 0.3 is 5.97 Å². The molecule has 0 aliphatic heterocycles. The van der Waals surface area contributed by atoms with Gasteiger partial charge < -0.3 is 4.74 Å². The Balaban J connectivity index is 3.38. The summed E-state index contributed by atoms with van der Waals surface area (Å²) in [5.74, 6) is -0.374. The monoisotopic (exact) mass is 236 g/mol. The normalized spacial score (nSPS) is 11.0. The summed E-state index contributed by atoms with van der Waals surface area (Å²) in [6.45, 7) is 6.44. The van der Waals surface area contributed by atoms with E-state index < -0.39 is 8.07 Å². The Morgan fingerprint density at radius 3 is 2.38 bits per heavy atom. The first-order chi connectivity index (χ1) is 7.40. The van der Waals surface area contributed by atoms with Crippen LogP contribution in [0.3, 0.4) is 0 Å². The molecule has 16 heavy (non-hydrogen) atoms. The van der Waals surface area contributed by atoms with Crippen molar-refractivity contribution in [3.05, 3.63) is 29.3 Å². The minimum atomic E-state index is -1.61. The van der Waals surface area contributed by atoms with Crippen molar-refractivity contribution in [3.8, 4) is 0 Å². The van der Waals surface area contributed by atoms with E-state index in [2.05, 4.69) is 19.6 Å². The molecule has 1 rings (SSSR count). The molecule has 0 aliphatic carbocycles. The molecule has 0 aliphatic rings. The quantitative estimate of drug-likeness (QED) is 0.457. The zero-order valence-electron chi connectivity index (χ0n) is 10.0. The summed E-state index contributed by atoms with van der Waals surface area (Å²) in [5, 5.41) is 1.02. The average molecular weight is 236 g/mol. The number of ether oxygens (including phenoxy) is 1. The summed E-state index contributed by atoms with van der Waals surface area (Å²) in [6.07, 6.45) is 0.737. The summed E-state index contributed by atoms with van der Waals surface area (Å²) in [7, 11) is -0.258. The molecule has 4 heteroatoms. The number of hydrogen-bond donors (Lipinski definition) is 0. The number of methoxy groups -OCH3 is 1. The summed E-state index contributed by atoms with van der Waals surface area (Å²) in [6, 6.07) is 5.21. The highest BCUT2D eigenvalue weighted by Crippen LogP contribution is 2.10. The fourth-order valence-corrected chi connectivity index (χ4v) is 3.13. The van der Waals surface area contributed by atoms with Crippen LogP contribution in [0.25, 0.3) is 0 Å². The summed E-state index contributed by atoms with van der Waals surface area (Å²) < 4.78 is 4.74. The highest BCUT2D eigenvalue weighted by Gasteiger charge is 2.24. The van der Waals surface area contributed by atoms with E-state index in [0.29, 0.717) is 11.1 Å². The maximum atomic E-state index is 11.6. The third kappa shape index (κ3) is 2.58. The van der Waals surface area contributed by atoms with E-state index in [1.165, 1.54) is 7.11 Å². The molecule has 0 radical (unpaired) electrons. The minimum Gasteiger partial charge on any atom is -0.465 e. The van der Waals surface area contributed by atoms with Gasteiger partial charge in [0, 0.05) is 5.56 Å². The Hall–Kier alpha value is -1.42. The number of benzene rings is 1. The first-order valence-corrected chi connectivity index (χ1v) is 8.58. The maximum absolute atomic E-state index is 11.6. The van der Waals surface area contributed by atoms with Crippen molar-refractivity contribution >= 4 is 25.5 Å². The summed E-state index contributed by atoms with van der Waals surface area (Å²) >= 11 is 0. The van der Waals surface area contributed by atoms with E-state index in [1.807, 2.05) is 6.07 Å². The topological polar surface area (TPSA) is 43.4 Å². The van der Waals surface area contributed by atoms with Gasteiger partial charge in [0.15, 0.2) is 0 Å². The van der Waals surface area contributed by atoms with Crippen molar-refractivity contribution < 1.29 is 14.3 Å². The largest absolute Gasteiger partial charge is 0.465 e. The Morgan fingerprint density at radius 2 is 1.94 bits per heavy atom. The maximum Gasteiger partial charge on any atom is 0.337 e. The molecular weight excluding hydrogens is 220 g/mol. The van der Waals surface area contributed by atoms with Crippen molar-refractivity contribution in [2.75, 3.05) is 7.11 Å². The second-order valence-electron chi connectivity index (χ2n) is 4.66. The lowest BCUT2D eigenvalue weighted by Gasteiger charge is -2.20. The zero-order chi connectivity index (χ0) is 12.3. The van der Waals surface area contributed by atoms with Gasteiger partial charge in [0.1, 0.15) is 6.29 Å². The van der Waals surface area contributed by atoms with Gasteiger partial charge in [-0.05, 0) is 11.3 Å². The second-order valence-corrected chi connectivity index (χ2v) is 9.70. The van der Waals surface area contributed by atoms with E-state index >= 15 is 0 Å². The molecule has 0 saturated heterocycles. The molecule has 0 amide bonds. The van der Waals surface area contributed by atoms with Gasteiger partial charge in [0.2, 0.25) is 0 Å². The number of esters is 1. The molecule has 0 aromatic heterocycles. The lowest BCUT2D eigenvalue weighted by molar-refractivity contribution is 0.0602. The Morgan fingerprint density at radius 1 is 1.31 bits per heavy atom. The second kappa shape index (κ2) is 4.61. The lowest BCUT2D eigenvalue weighted by Crippen LogP contribution is -2.41. The lowest BCUT2D eigenvalue weighted by atomic mass is 10.1. The first-order valence-electron chi connectivity index (χ1n) is 5.08. The van der Waals surface area contributed by atoms with Crippen LogP contribution in [0, 0.1) is 0 Å². The molecule has 3 nitrogen and oxygen atoms in total. The molecule has 0 heterocycles. The minimum absolute atomic E-state index is 0.374. The van der Waals surface area contributed by atoms with Crippen LogP contribution in [0.15, 0.2) is 18.2 Å². The van der Waals surface area contributed by atoms with Crippen molar-refractivity contribution in [2.24, 2.45) is 0 Å². The van der Waals surface area contributed by atoms with Crippen LogP contribution in [0.1, 0.15) is 20.7 Å². The summed E-state index contributed by atoms with van der Waals surface area (Å²) in [5.41, 5.74) is 1.02. The average Bonchev–Trinajstić information content (AvgIpc) is 2.25. The number of carbonyl (C=O) groups excluding carboxylic acids is 2. The fourth-order valence-electron chi connectivity index (χ4n) is 1.57. The molecule has 1 aromatic rings. The van der Waals surface area contributed by atoms with Gasteiger partial charge in [0.05, 0.1) is 20.7 Å². The van der Waals surface area contributed by atoms with E-state index in [1.54, 1.807) is 12.1 Å². The third-order valence-electron chi connectivity index (χ3n) is 2.39. The van der Waals surface area contributed by atoms with Crippen LogP contribution in [0.4, 0.5) is 0 Å². The van der Waals surface area contributed by atoms with Gasteiger partial charge in [-0.25, -0.2) is 4.79 Å². The predicted octanol–water partition coefficient (Wildman–Crippen LogP) is 1.83. The van der Waals surface area contributed by atoms with Gasteiger partial charge in [0.25, 0.3) is 0 Å². The Labute approximate surface area is 96.4 Å². The van der Waals surface area contributed by atoms with E-state index in [-0.39, 0.29) is 5.97 Å². The molecule has 0 atom stereocenters. The van der Waals surface area contributed by atoms with E-state index in [0.717, 1.165) is 11.5 Å². The SMILES string of the molecule is COC(=O)c1cc(C=O)ccc1[Si](C)(C)C. The third-order valence-corrected chi connectivity index (χ3v) is 4.45. The molecule has 0 fully saturated rings. The van der Waals surface area contributed by atoms with Crippen LogP contribution >= 0.6 is 0 Å². The molecule has 86 valence electrons. The number of hydrogen-bond acceptors (Lipinski definition) is 3. The Bertz CT molecular complexity index is 419. The highest BCUT2D eigenvalue weighted by atomic mass is 28.3. The molecule has 0 bridgehead atoms. The molecule has 1 aromatic carbocycles. The molecule has 0 saturated carbocycles. The summed E-state index contributed by atoms with van der Waals surface area (Å²) in [4.78, 5) is 22.3. The van der Waals surface area contributed by atoms with Crippen LogP contribution in [0.2, 0.25) is 19.6 Å². The Kier molecular flexibility index (Phi) is 3.65. The van der Waals surface area contributed by atoms with Crippen LogP contribution in [-0.4, -0.2) is 27.4 Å². The molecule has 0 spiro atoms. The van der Waals surface area contributed by atoms with Crippen molar-refractivity contribution in [1.82, 2.24) is 0 Å². The fraction of sp³-hybridized carbons (Fsp3) is 0.333. The predicted molar refractivity (Wildman–Crippen MR) is 66.1 cm³/mol. The first kappa shape index (κ1) is 12.6. The van der Waals surface area contributed by atoms with Crippen LogP contribution in [0.5, 0.6) is 0 Å². The molecule has 0 N–H and O–H groups in total.